The van der Waals surface area contributed by atoms with Crippen LogP contribution in [0.25, 0.3) is 0 Å². The number of hydrogen-bond donors (Lipinski definition) is 1. The fourth-order valence-corrected chi connectivity index (χ4v) is 1.65. The number of nitrogens with zero attached hydrogens (tertiary/aromatic N) is 1. The molecular weight excluding hydrogens is 240 g/mol. The third kappa shape index (κ3) is 2.31. The standard InChI is InChI=1S/C13H11F2NO2/c1-18-11-3-2-6-16-12(11)13(17)9-7-8(14)4-5-10(9)15/h2-7,13,17H,1H3. The van der Waals surface area contributed by atoms with Gasteiger partial charge in [-0.05, 0) is 30.3 Å². The van der Waals surface area contributed by atoms with Gasteiger partial charge in [0.05, 0.1) is 7.11 Å². The Morgan fingerprint density at radius 3 is 2.78 bits per heavy atom. The molecule has 3 nitrogen and oxygen atoms in total. The quantitative estimate of drug-likeness (QED) is 0.911. The molecular formula is C13H11F2NO2. The molecule has 0 saturated carbocycles. The Balaban J connectivity index is 2.47. The molecule has 1 aromatic heterocycles. The van der Waals surface area contributed by atoms with Crippen molar-refractivity contribution in [2.45, 2.75) is 6.10 Å². The molecule has 0 aliphatic carbocycles. The van der Waals surface area contributed by atoms with E-state index in [2.05, 4.69) is 4.98 Å². The third-order valence-corrected chi connectivity index (χ3v) is 2.53. The molecule has 0 aliphatic heterocycles. The maximum Gasteiger partial charge on any atom is 0.143 e. The van der Waals surface area contributed by atoms with Gasteiger partial charge in [0, 0.05) is 11.8 Å². The highest BCUT2D eigenvalue weighted by Gasteiger charge is 2.20. The lowest BCUT2D eigenvalue weighted by atomic mass is 10.0. The Bertz CT molecular complexity index is 560. The number of rotatable bonds is 3. The van der Waals surface area contributed by atoms with Crippen LogP contribution in [-0.2, 0) is 0 Å². The second-order valence-electron chi connectivity index (χ2n) is 3.66. The predicted molar refractivity (Wildman–Crippen MR) is 61.2 cm³/mol. The van der Waals surface area contributed by atoms with E-state index in [0.29, 0.717) is 5.75 Å². The minimum absolute atomic E-state index is 0.143. The van der Waals surface area contributed by atoms with Crippen LogP contribution in [0.4, 0.5) is 8.78 Å². The number of hydrogen-bond acceptors (Lipinski definition) is 3. The van der Waals surface area contributed by atoms with E-state index >= 15 is 0 Å². The summed E-state index contributed by atoms with van der Waals surface area (Å²) in [5.74, 6) is -1.01. The summed E-state index contributed by atoms with van der Waals surface area (Å²) in [5, 5.41) is 10.1. The zero-order chi connectivity index (χ0) is 13.1. The van der Waals surface area contributed by atoms with Gasteiger partial charge in [-0.2, -0.15) is 0 Å². The van der Waals surface area contributed by atoms with Crippen molar-refractivity contribution >= 4 is 0 Å². The lowest BCUT2D eigenvalue weighted by molar-refractivity contribution is 0.203. The molecule has 0 fully saturated rings. The Morgan fingerprint density at radius 2 is 2.06 bits per heavy atom. The lowest BCUT2D eigenvalue weighted by Crippen LogP contribution is -2.07. The second kappa shape index (κ2) is 5.10. The minimum atomic E-state index is -1.38. The average molecular weight is 251 g/mol. The molecule has 1 N–H and O–H groups in total. The van der Waals surface area contributed by atoms with Crippen LogP contribution in [0, 0.1) is 11.6 Å². The molecule has 2 aromatic rings. The lowest BCUT2D eigenvalue weighted by Gasteiger charge is -2.14. The predicted octanol–water partition coefficient (Wildman–Crippen LogP) is 2.45. The summed E-state index contributed by atoms with van der Waals surface area (Å²) in [6.07, 6.45) is 0.0648. The van der Waals surface area contributed by atoms with Crippen LogP contribution in [0.1, 0.15) is 17.4 Å². The largest absolute Gasteiger partial charge is 0.495 e. The van der Waals surface area contributed by atoms with Crippen LogP contribution in [0.2, 0.25) is 0 Å². The molecule has 0 saturated heterocycles. The highest BCUT2D eigenvalue weighted by molar-refractivity contribution is 5.35. The van der Waals surface area contributed by atoms with Crippen molar-refractivity contribution in [2.75, 3.05) is 7.11 Å². The van der Waals surface area contributed by atoms with Crippen molar-refractivity contribution in [3.63, 3.8) is 0 Å². The summed E-state index contributed by atoms with van der Waals surface area (Å²) in [6.45, 7) is 0. The minimum Gasteiger partial charge on any atom is -0.495 e. The highest BCUT2D eigenvalue weighted by Crippen LogP contribution is 2.29. The summed E-state index contributed by atoms with van der Waals surface area (Å²) in [7, 11) is 1.41. The maximum absolute atomic E-state index is 13.5. The Hall–Kier alpha value is -2.01. The number of methoxy groups -OCH3 is 1. The van der Waals surface area contributed by atoms with Gasteiger partial charge < -0.3 is 9.84 Å². The van der Waals surface area contributed by atoms with Crippen LogP contribution in [0.3, 0.4) is 0 Å². The van der Waals surface area contributed by atoms with Crippen molar-refractivity contribution in [1.29, 1.82) is 0 Å². The fourth-order valence-electron chi connectivity index (χ4n) is 1.65. The Labute approximate surface area is 103 Å². The summed E-state index contributed by atoms with van der Waals surface area (Å²) in [4.78, 5) is 3.93. The maximum atomic E-state index is 13.5. The number of ether oxygens (including phenoxy) is 1. The SMILES string of the molecule is COc1cccnc1C(O)c1cc(F)ccc1F. The number of aliphatic hydroxyl groups is 1. The fraction of sp³-hybridized carbons (Fsp3) is 0.154. The number of aromatic nitrogens is 1. The summed E-state index contributed by atoms with van der Waals surface area (Å²) in [5.41, 5.74) is -0.0310. The van der Waals surface area contributed by atoms with E-state index < -0.39 is 17.7 Å². The van der Waals surface area contributed by atoms with Gasteiger partial charge in [-0.15, -0.1) is 0 Å². The number of halogens is 2. The molecule has 0 bridgehead atoms. The molecule has 1 atom stereocenters. The molecule has 5 heteroatoms. The first kappa shape index (κ1) is 12.4. The molecule has 1 aromatic carbocycles. The van der Waals surface area contributed by atoms with Gasteiger partial charge in [0.15, 0.2) is 0 Å². The number of pyridine rings is 1. The van der Waals surface area contributed by atoms with Crippen molar-refractivity contribution in [2.24, 2.45) is 0 Å². The van der Waals surface area contributed by atoms with Gasteiger partial charge in [0.1, 0.15) is 29.2 Å². The molecule has 1 unspecified atom stereocenters. The zero-order valence-corrected chi connectivity index (χ0v) is 9.60. The smallest absolute Gasteiger partial charge is 0.143 e. The van der Waals surface area contributed by atoms with Crippen LogP contribution >= 0.6 is 0 Å². The Morgan fingerprint density at radius 1 is 1.28 bits per heavy atom. The average Bonchev–Trinajstić information content (AvgIpc) is 2.40. The summed E-state index contributed by atoms with van der Waals surface area (Å²) < 4.78 is 31.6. The first-order valence-electron chi connectivity index (χ1n) is 5.25. The van der Waals surface area contributed by atoms with Crippen molar-refractivity contribution < 1.29 is 18.6 Å². The summed E-state index contributed by atoms with van der Waals surface area (Å²) >= 11 is 0. The van der Waals surface area contributed by atoms with Gasteiger partial charge in [0.2, 0.25) is 0 Å². The molecule has 0 radical (unpaired) electrons. The molecule has 1 heterocycles. The van der Waals surface area contributed by atoms with E-state index in [-0.39, 0.29) is 11.3 Å². The Kier molecular flexibility index (Phi) is 3.53. The van der Waals surface area contributed by atoms with Gasteiger partial charge in [-0.1, -0.05) is 0 Å². The van der Waals surface area contributed by atoms with Crippen molar-refractivity contribution in [1.82, 2.24) is 4.98 Å². The first-order valence-corrected chi connectivity index (χ1v) is 5.25. The number of aliphatic hydroxyl groups excluding tert-OH is 1. The van der Waals surface area contributed by atoms with E-state index in [4.69, 9.17) is 4.74 Å². The molecule has 94 valence electrons. The van der Waals surface area contributed by atoms with Crippen molar-refractivity contribution in [3.05, 3.63) is 59.4 Å². The van der Waals surface area contributed by atoms with Crippen LogP contribution < -0.4 is 4.74 Å². The monoisotopic (exact) mass is 251 g/mol. The topological polar surface area (TPSA) is 42.4 Å². The van der Waals surface area contributed by atoms with Gasteiger partial charge in [-0.25, -0.2) is 8.78 Å². The van der Waals surface area contributed by atoms with E-state index in [9.17, 15) is 13.9 Å². The second-order valence-corrected chi connectivity index (χ2v) is 3.66. The van der Waals surface area contributed by atoms with E-state index in [1.807, 2.05) is 0 Å². The van der Waals surface area contributed by atoms with Gasteiger partial charge >= 0.3 is 0 Å². The van der Waals surface area contributed by atoms with E-state index in [1.165, 1.54) is 13.3 Å². The molecule has 2 rings (SSSR count). The van der Waals surface area contributed by atoms with Crippen molar-refractivity contribution in [3.8, 4) is 5.75 Å². The van der Waals surface area contributed by atoms with Crippen LogP contribution in [0.5, 0.6) is 5.75 Å². The van der Waals surface area contributed by atoms with Crippen LogP contribution in [0.15, 0.2) is 36.5 Å². The van der Waals surface area contributed by atoms with Gasteiger partial charge in [-0.3, -0.25) is 4.98 Å². The first-order chi connectivity index (χ1) is 8.63. The normalized spacial score (nSPS) is 12.2. The third-order valence-electron chi connectivity index (χ3n) is 2.53. The molecule has 0 amide bonds. The molecule has 0 aliphatic rings. The van der Waals surface area contributed by atoms with E-state index in [1.54, 1.807) is 12.1 Å². The number of benzene rings is 1. The highest BCUT2D eigenvalue weighted by atomic mass is 19.1. The van der Waals surface area contributed by atoms with E-state index in [0.717, 1.165) is 18.2 Å². The molecule has 18 heavy (non-hydrogen) atoms. The molecule has 0 spiro atoms. The zero-order valence-electron chi connectivity index (χ0n) is 9.60. The summed E-state index contributed by atoms with van der Waals surface area (Å²) in [6, 6.07) is 6.10. The van der Waals surface area contributed by atoms with Gasteiger partial charge in [0.25, 0.3) is 0 Å². The van der Waals surface area contributed by atoms with Crippen LogP contribution in [-0.4, -0.2) is 17.2 Å².